The highest BCUT2D eigenvalue weighted by atomic mass is 35.5. The fourth-order valence-electron chi connectivity index (χ4n) is 1.97. The zero-order valence-corrected chi connectivity index (χ0v) is 13.8. The Bertz CT molecular complexity index is 760. The molecular weight excluding hydrogens is 340 g/mol. The Morgan fingerprint density at radius 3 is 3.00 bits per heavy atom. The van der Waals surface area contributed by atoms with Crippen LogP contribution in [0.2, 0.25) is 5.02 Å². The van der Waals surface area contributed by atoms with Crippen molar-refractivity contribution < 1.29 is 19.0 Å². The van der Waals surface area contributed by atoms with Gasteiger partial charge in [-0.15, -0.1) is 10.2 Å². The number of esters is 1. The molecule has 120 valence electrons. The predicted molar refractivity (Wildman–Crippen MR) is 87.2 cm³/mol. The average molecular weight is 353 g/mol. The fourth-order valence-corrected chi connectivity index (χ4v) is 2.89. The second-order valence-electron chi connectivity index (χ2n) is 4.53. The van der Waals surface area contributed by atoms with Gasteiger partial charge in [0, 0.05) is 0 Å². The van der Waals surface area contributed by atoms with Gasteiger partial charge in [-0.25, -0.2) is 4.79 Å². The molecule has 0 radical (unpaired) electrons. The van der Waals surface area contributed by atoms with E-state index in [-0.39, 0.29) is 5.01 Å². The van der Waals surface area contributed by atoms with E-state index in [9.17, 15) is 4.79 Å². The van der Waals surface area contributed by atoms with Crippen molar-refractivity contribution in [3.8, 4) is 11.5 Å². The summed E-state index contributed by atoms with van der Waals surface area (Å²) in [6.07, 6.45) is 3.57. The van der Waals surface area contributed by atoms with Gasteiger partial charge in [0.1, 0.15) is 18.2 Å². The van der Waals surface area contributed by atoms with Crippen molar-refractivity contribution in [1.82, 2.24) is 10.2 Å². The van der Waals surface area contributed by atoms with Crippen LogP contribution in [-0.4, -0.2) is 36.0 Å². The third-order valence-electron chi connectivity index (χ3n) is 2.93. The molecule has 6 nitrogen and oxygen atoms in total. The van der Waals surface area contributed by atoms with Crippen LogP contribution in [0, 0.1) is 0 Å². The number of carbonyl (C=O) groups is 1. The van der Waals surface area contributed by atoms with Crippen LogP contribution >= 0.6 is 22.9 Å². The van der Waals surface area contributed by atoms with E-state index >= 15 is 0 Å². The van der Waals surface area contributed by atoms with E-state index < -0.39 is 5.97 Å². The number of aromatic nitrogens is 2. The van der Waals surface area contributed by atoms with Crippen molar-refractivity contribution in [2.75, 3.05) is 19.8 Å². The van der Waals surface area contributed by atoms with Gasteiger partial charge in [-0.2, -0.15) is 0 Å². The number of benzene rings is 1. The van der Waals surface area contributed by atoms with Crippen LogP contribution in [0.15, 0.2) is 12.1 Å². The fraction of sp³-hybridized carbons (Fsp3) is 0.267. The molecule has 0 N–H and O–H groups in total. The number of hydrogen-bond donors (Lipinski definition) is 0. The van der Waals surface area contributed by atoms with Gasteiger partial charge in [-0.1, -0.05) is 29.0 Å². The number of carbonyl (C=O) groups excluding carboxylic acids is 1. The van der Waals surface area contributed by atoms with E-state index in [1.807, 2.05) is 12.1 Å². The molecule has 2 aromatic rings. The quantitative estimate of drug-likeness (QED) is 0.786. The van der Waals surface area contributed by atoms with E-state index in [2.05, 4.69) is 10.2 Å². The summed E-state index contributed by atoms with van der Waals surface area (Å²) in [6.45, 7) is 3.03. The minimum Gasteiger partial charge on any atom is -0.486 e. The molecule has 1 aromatic carbocycles. The molecular formula is C15H13ClN2O4S. The first-order valence-electron chi connectivity index (χ1n) is 6.95. The standard InChI is InChI=1S/C15H13ClN2O4S/c1-2-20-15(19)14-18-17-12(23-14)4-3-9-7-10(16)13-11(8-9)21-5-6-22-13/h3-4,7-8H,2,5-6H2,1H3. The maximum Gasteiger partial charge on any atom is 0.369 e. The van der Waals surface area contributed by atoms with Crippen molar-refractivity contribution in [2.24, 2.45) is 0 Å². The average Bonchev–Trinajstić information content (AvgIpc) is 3.02. The van der Waals surface area contributed by atoms with Crippen LogP contribution in [0.4, 0.5) is 0 Å². The minimum atomic E-state index is -0.466. The maximum atomic E-state index is 11.6. The van der Waals surface area contributed by atoms with Crippen molar-refractivity contribution in [2.45, 2.75) is 6.92 Å². The molecule has 0 spiro atoms. The molecule has 0 saturated carbocycles. The topological polar surface area (TPSA) is 70.5 Å². The second-order valence-corrected chi connectivity index (χ2v) is 5.94. The molecule has 1 aliphatic heterocycles. The third kappa shape index (κ3) is 3.62. The predicted octanol–water partition coefficient (Wildman–Crippen LogP) is 3.31. The van der Waals surface area contributed by atoms with Crippen LogP contribution in [-0.2, 0) is 4.74 Å². The SMILES string of the molecule is CCOC(=O)c1nnc(C=Cc2cc(Cl)c3c(c2)OCCO3)s1. The van der Waals surface area contributed by atoms with Gasteiger partial charge in [0.15, 0.2) is 11.5 Å². The summed E-state index contributed by atoms with van der Waals surface area (Å²) in [5.74, 6) is 0.718. The molecule has 1 aromatic heterocycles. The Morgan fingerprint density at radius 2 is 2.17 bits per heavy atom. The minimum absolute atomic E-state index is 0.228. The lowest BCUT2D eigenvalue weighted by atomic mass is 10.2. The van der Waals surface area contributed by atoms with E-state index in [0.717, 1.165) is 16.9 Å². The van der Waals surface area contributed by atoms with Crippen molar-refractivity contribution in [3.63, 3.8) is 0 Å². The first-order chi connectivity index (χ1) is 11.2. The molecule has 0 fully saturated rings. The molecule has 1 aliphatic rings. The van der Waals surface area contributed by atoms with Gasteiger partial charge in [0.05, 0.1) is 11.6 Å². The molecule has 8 heteroatoms. The van der Waals surface area contributed by atoms with Crippen LogP contribution < -0.4 is 9.47 Å². The smallest absolute Gasteiger partial charge is 0.369 e. The summed E-state index contributed by atoms with van der Waals surface area (Å²) >= 11 is 7.34. The molecule has 0 aliphatic carbocycles. The first kappa shape index (κ1) is 15.8. The number of halogens is 1. The van der Waals surface area contributed by atoms with Crippen LogP contribution in [0.5, 0.6) is 11.5 Å². The third-order valence-corrected chi connectivity index (χ3v) is 4.08. The number of fused-ring (bicyclic) bond motifs is 1. The van der Waals surface area contributed by atoms with Gasteiger partial charge in [-0.05, 0) is 30.7 Å². The lowest BCUT2D eigenvalue weighted by molar-refractivity contribution is 0.0525. The zero-order valence-electron chi connectivity index (χ0n) is 12.2. The Morgan fingerprint density at radius 1 is 1.35 bits per heavy atom. The summed E-state index contributed by atoms with van der Waals surface area (Å²) < 4.78 is 15.9. The normalized spacial score (nSPS) is 13.3. The van der Waals surface area contributed by atoms with E-state index in [0.29, 0.717) is 41.3 Å². The number of rotatable bonds is 4. The zero-order chi connectivity index (χ0) is 16.2. The first-order valence-corrected chi connectivity index (χ1v) is 8.14. The van der Waals surface area contributed by atoms with E-state index in [1.165, 1.54) is 0 Å². The van der Waals surface area contributed by atoms with Gasteiger partial charge in [-0.3, -0.25) is 0 Å². The molecule has 2 heterocycles. The molecule has 0 bridgehead atoms. The molecule has 0 unspecified atom stereocenters. The van der Waals surface area contributed by atoms with Crippen LogP contribution in [0.25, 0.3) is 12.2 Å². The van der Waals surface area contributed by atoms with Gasteiger partial charge in [0.2, 0.25) is 5.01 Å². The Kier molecular flexibility index (Phi) is 4.78. The van der Waals surface area contributed by atoms with Gasteiger partial charge >= 0.3 is 5.97 Å². The van der Waals surface area contributed by atoms with E-state index in [4.69, 9.17) is 25.8 Å². The Labute approximate surface area is 141 Å². The number of nitrogens with zero attached hydrogens (tertiary/aromatic N) is 2. The van der Waals surface area contributed by atoms with Crippen molar-refractivity contribution >= 4 is 41.1 Å². The second kappa shape index (κ2) is 6.97. The molecule has 0 amide bonds. The molecule has 23 heavy (non-hydrogen) atoms. The summed E-state index contributed by atoms with van der Waals surface area (Å²) in [5, 5.41) is 9.06. The number of ether oxygens (including phenoxy) is 3. The summed E-state index contributed by atoms with van der Waals surface area (Å²) in [5.41, 5.74) is 0.840. The highest BCUT2D eigenvalue weighted by Crippen LogP contribution is 2.38. The highest BCUT2D eigenvalue weighted by molar-refractivity contribution is 7.14. The van der Waals surface area contributed by atoms with E-state index in [1.54, 1.807) is 19.1 Å². The van der Waals surface area contributed by atoms with Crippen molar-refractivity contribution in [1.29, 1.82) is 0 Å². The molecule has 0 saturated heterocycles. The summed E-state index contributed by atoms with van der Waals surface area (Å²) in [6, 6.07) is 3.61. The number of hydrogen-bond acceptors (Lipinski definition) is 7. The van der Waals surface area contributed by atoms with Gasteiger partial charge in [0.25, 0.3) is 0 Å². The Balaban J connectivity index is 1.78. The highest BCUT2D eigenvalue weighted by Gasteiger charge is 2.16. The largest absolute Gasteiger partial charge is 0.486 e. The molecule has 0 atom stereocenters. The lowest BCUT2D eigenvalue weighted by Crippen LogP contribution is -2.15. The summed E-state index contributed by atoms with van der Waals surface area (Å²) in [7, 11) is 0. The van der Waals surface area contributed by atoms with Crippen LogP contribution in [0.1, 0.15) is 27.3 Å². The van der Waals surface area contributed by atoms with Gasteiger partial charge < -0.3 is 14.2 Å². The van der Waals surface area contributed by atoms with Crippen LogP contribution in [0.3, 0.4) is 0 Å². The molecule has 3 rings (SSSR count). The monoisotopic (exact) mass is 352 g/mol. The lowest BCUT2D eigenvalue weighted by Gasteiger charge is -2.19. The maximum absolute atomic E-state index is 11.6. The summed E-state index contributed by atoms with van der Waals surface area (Å²) in [4.78, 5) is 11.6. The Hall–Kier alpha value is -2.12. The van der Waals surface area contributed by atoms with Crippen molar-refractivity contribution in [3.05, 3.63) is 32.7 Å².